The van der Waals surface area contributed by atoms with Crippen molar-refractivity contribution in [3.8, 4) is 33.9 Å². The van der Waals surface area contributed by atoms with Crippen LogP contribution in [0.25, 0.3) is 33.9 Å². The Kier molecular flexibility index (Phi) is 8.16. The quantitative estimate of drug-likeness (QED) is 0.205. The molecule has 2 aromatic heterocycles. The lowest BCUT2D eigenvalue weighted by atomic mass is 9.98. The van der Waals surface area contributed by atoms with E-state index < -0.39 is 5.97 Å². The number of aromatic nitrogens is 7. The molecule has 5 aromatic rings. The molecular formula is C30H31N7O2. The van der Waals surface area contributed by atoms with Gasteiger partial charge in [0, 0.05) is 17.5 Å². The van der Waals surface area contributed by atoms with Gasteiger partial charge in [-0.15, -0.1) is 10.2 Å². The zero-order valence-electron chi connectivity index (χ0n) is 21.9. The van der Waals surface area contributed by atoms with Crippen LogP contribution in [-0.4, -0.2) is 46.5 Å². The zero-order valence-corrected chi connectivity index (χ0v) is 21.9. The van der Waals surface area contributed by atoms with Crippen molar-refractivity contribution in [2.45, 2.75) is 52.0 Å². The average molecular weight is 522 g/mol. The number of nitrogens with zero attached hydrogens (tertiary/aromatic N) is 6. The molecule has 2 heterocycles. The van der Waals surface area contributed by atoms with Crippen molar-refractivity contribution in [2.24, 2.45) is 0 Å². The van der Waals surface area contributed by atoms with Crippen LogP contribution in [0.3, 0.4) is 0 Å². The Labute approximate surface area is 227 Å². The molecule has 0 aliphatic rings. The summed E-state index contributed by atoms with van der Waals surface area (Å²) < 4.78 is 1.95. The number of hydrogen-bond donors (Lipinski definition) is 2. The van der Waals surface area contributed by atoms with Crippen LogP contribution in [0.2, 0.25) is 0 Å². The maximum absolute atomic E-state index is 11.1. The number of rotatable bonds is 12. The van der Waals surface area contributed by atoms with Crippen LogP contribution in [0.1, 0.15) is 49.6 Å². The second-order valence-electron chi connectivity index (χ2n) is 9.57. The summed E-state index contributed by atoms with van der Waals surface area (Å²) in [6.07, 6.45) is 5.45. The molecular weight excluding hydrogens is 490 g/mol. The van der Waals surface area contributed by atoms with Gasteiger partial charge in [-0.3, -0.25) is 4.79 Å². The number of tetrazole rings is 1. The van der Waals surface area contributed by atoms with Crippen molar-refractivity contribution >= 4 is 5.97 Å². The number of carboxylic acids is 1. The minimum Gasteiger partial charge on any atom is -0.481 e. The van der Waals surface area contributed by atoms with Gasteiger partial charge in [-0.25, -0.2) is 9.67 Å². The van der Waals surface area contributed by atoms with Crippen LogP contribution >= 0.6 is 0 Å². The van der Waals surface area contributed by atoms with E-state index in [4.69, 9.17) is 15.2 Å². The van der Waals surface area contributed by atoms with Crippen LogP contribution in [0.15, 0.2) is 72.8 Å². The third kappa shape index (κ3) is 6.43. The van der Waals surface area contributed by atoms with Crippen molar-refractivity contribution in [1.82, 2.24) is 35.4 Å². The van der Waals surface area contributed by atoms with Crippen LogP contribution in [0.5, 0.6) is 0 Å². The van der Waals surface area contributed by atoms with E-state index in [0.717, 1.165) is 64.3 Å². The summed E-state index contributed by atoms with van der Waals surface area (Å²) in [7, 11) is 0. The highest BCUT2D eigenvalue weighted by atomic mass is 16.4. The van der Waals surface area contributed by atoms with E-state index in [9.17, 15) is 4.79 Å². The van der Waals surface area contributed by atoms with E-state index >= 15 is 0 Å². The minimum atomic E-state index is -0.844. The van der Waals surface area contributed by atoms with Gasteiger partial charge in [0.2, 0.25) is 5.82 Å². The Morgan fingerprint density at radius 2 is 1.59 bits per heavy atom. The van der Waals surface area contributed by atoms with E-state index in [2.05, 4.69) is 57.9 Å². The molecule has 0 fully saturated rings. The molecule has 0 radical (unpaired) electrons. The molecule has 5 rings (SSSR count). The Morgan fingerprint density at radius 3 is 2.28 bits per heavy atom. The molecule has 0 amide bonds. The third-order valence-corrected chi connectivity index (χ3v) is 6.65. The summed E-state index contributed by atoms with van der Waals surface area (Å²) in [5.41, 5.74) is 5.78. The molecule has 0 aliphatic carbocycles. The summed E-state index contributed by atoms with van der Waals surface area (Å²) in [4.78, 5) is 16.0. The Morgan fingerprint density at radius 1 is 0.872 bits per heavy atom. The second-order valence-corrected chi connectivity index (χ2v) is 9.57. The topological polar surface area (TPSA) is 122 Å². The fourth-order valence-electron chi connectivity index (χ4n) is 4.64. The standard InChI is InChI=1S/C30H31N7O2/c1-2-3-4-5-10-27-31-30(24-17-11-21(12-18-24)19-28(38)39)37(34-27)20-22-13-15-23(16-14-22)25-8-6-7-9-26(25)29-32-35-36-33-29/h6-9,11-18H,2-5,10,19-20H2,1H3,(H,38,39)(H,32,33,35,36). The van der Waals surface area contributed by atoms with E-state index in [1.165, 1.54) is 12.8 Å². The smallest absolute Gasteiger partial charge is 0.307 e. The molecule has 0 atom stereocenters. The predicted molar refractivity (Wildman–Crippen MR) is 149 cm³/mol. The van der Waals surface area contributed by atoms with E-state index in [-0.39, 0.29) is 6.42 Å². The molecule has 3 aromatic carbocycles. The Hall–Kier alpha value is -4.66. The van der Waals surface area contributed by atoms with E-state index in [1.54, 1.807) is 0 Å². The zero-order chi connectivity index (χ0) is 27.0. The van der Waals surface area contributed by atoms with Gasteiger partial charge in [0.1, 0.15) is 0 Å². The molecule has 39 heavy (non-hydrogen) atoms. The molecule has 0 saturated carbocycles. The van der Waals surface area contributed by atoms with Gasteiger partial charge in [-0.1, -0.05) is 99.0 Å². The first-order valence-corrected chi connectivity index (χ1v) is 13.3. The van der Waals surface area contributed by atoms with Gasteiger partial charge in [-0.05, 0) is 33.9 Å². The van der Waals surface area contributed by atoms with Gasteiger partial charge < -0.3 is 5.11 Å². The number of unbranched alkanes of at least 4 members (excludes halogenated alkanes) is 3. The maximum Gasteiger partial charge on any atom is 0.307 e. The first-order valence-electron chi connectivity index (χ1n) is 13.3. The van der Waals surface area contributed by atoms with Crippen LogP contribution in [0, 0.1) is 0 Å². The SMILES string of the molecule is CCCCCCc1nc(-c2ccc(CC(=O)O)cc2)n(Cc2ccc(-c3ccccc3-c3nn[nH]n3)cc2)n1. The van der Waals surface area contributed by atoms with Gasteiger partial charge in [-0.2, -0.15) is 10.3 Å². The molecule has 198 valence electrons. The Bertz CT molecular complexity index is 1510. The first-order chi connectivity index (χ1) is 19.1. The highest BCUT2D eigenvalue weighted by Crippen LogP contribution is 2.30. The van der Waals surface area contributed by atoms with Crippen molar-refractivity contribution in [3.05, 3.63) is 89.7 Å². The van der Waals surface area contributed by atoms with E-state index in [0.29, 0.717) is 12.4 Å². The summed E-state index contributed by atoms with van der Waals surface area (Å²) in [5.74, 6) is 1.33. The third-order valence-electron chi connectivity index (χ3n) is 6.65. The van der Waals surface area contributed by atoms with E-state index in [1.807, 2.05) is 47.1 Å². The molecule has 0 aliphatic heterocycles. The number of carboxylic acid groups (broad SMARTS) is 1. The number of benzene rings is 3. The van der Waals surface area contributed by atoms with Crippen LogP contribution in [-0.2, 0) is 24.2 Å². The normalized spacial score (nSPS) is 11.1. The van der Waals surface area contributed by atoms with Gasteiger partial charge in [0.25, 0.3) is 0 Å². The van der Waals surface area contributed by atoms with Crippen LogP contribution < -0.4 is 0 Å². The largest absolute Gasteiger partial charge is 0.481 e. The molecule has 0 saturated heterocycles. The molecule has 0 unspecified atom stereocenters. The Balaban J connectivity index is 1.40. The fraction of sp³-hybridized carbons (Fsp3) is 0.267. The lowest BCUT2D eigenvalue weighted by molar-refractivity contribution is -0.136. The summed E-state index contributed by atoms with van der Waals surface area (Å²) in [6.45, 7) is 2.77. The predicted octanol–water partition coefficient (Wildman–Crippen LogP) is 5.59. The number of H-pyrrole nitrogens is 1. The minimum absolute atomic E-state index is 0.00214. The number of nitrogens with one attached hydrogen (secondary N) is 1. The van der Waals surface area contributed by atoms with Gasteiger partial charge >= 0.3 is 5.97 Å². The van der Waals surface area contributed by atoms with Crippen molar-refractivity contribution in [3.63, 3.8) is 0 Å². The maximum atomic E-state index is 11.1. The molecule has 2 N–H and O–H groups in total. The van der Waals surface area contributed by atoms with Crippen LogP contribution in [0.4, 0.5) is 0 Å². The second kappa shape index (κ2) is 12.3. The number of carbonyl (C=O) groups is 1. The number of hydrogen-bond acceptors (Lipinski definition) is 6. The highest BCUT2D eigenvalue weighted by molar-refractivity contribution is 5.80. The molecule has 9 heteroatoms. The molecule has 9 nitrogen and oxygen atoms in total. The monoisotopic (exact) mass is 521 g/mol. The number of aromatic amines is 1. The average Bonchev–Trinajstić information content (AvgIpc) is 3.63. The lowest BCUT2D eigenvalue weighted by Crippen LogP contribution is -2.05. The van der Waals surface area contributed by atoms with Gasteiger partial charge in [0.15, 0.2) is 11.6 Å². The van der Waals surface area contributed by atoms with Crippen molar-refractivity contribution < 1.29 is 9.90 Å². The summed E-state index contributed by atoms with van der Waals surface area (Å²) in [5, 5.41) is 28.5. The summed E-state index contributed by atoms with van der Waals surface area (Å²) >= 11 is 0. The molecule has 0 spiro atoms. The summed E-state index contributed by atoms with van der Waals surface area (Å²) in [6, 6.07) is 23.9. The number of aryl methyl sites for hydroxylation is 1. The van der Waals surface area contributed by atoms with Crippen molar-refractivity contribution in [1.29, 1.82) is 0 Å². The lowest BCUT2D eigenvalue weighted by Gasteiger charge is -2.10. The highest BCUT2D eigenvalue weighted by Gasteiger charge is 2.14. The number of aliphatic carboxylic acids is 1. The first kappa shape index (κ1) is 26.0. The van der Waals surface area contributed by atoms with Crippen molar-refractivity contribution in [2.75, 3.05) is 0 Å². The molecule has 0 bridgehead atoms. The van der Waals surface area contributed by atoms with Gasteiger partial charge in [0.05, 0.1) is 13.0 Å². The fourth-order valence-corrected chi connectivity index (χ4v) is 4.64.